The lowest BCUT2D eigenvalue weighted by Crippen LogP contribution is -2.41. The summed E-state index contributed by atoms with van der Waals surface area (Å²) in [4.78, 5) is 13.4. The summed E-state index contributed by atoms with van der Waals surface area (Å²) in [5.74, 6) is 0.746. The highest BCUT2D eigenvalue weighted by Gasteiger charge is 2.32. The van der Waals surface area contributed by atoms with Crippen molar-refractivity contribution in [1.29, 1.82) is 0 Å². The van der Waals surface area contributed by atoms with Crippen LogP contribution in [0.15, 0.2) is 48.8 Å². The van der Waals surface area contributed by atoms with Gasteiger partial charge in [-0.2, -0.15) is 5.10 Å². The fourth-order valence-electron chi connectivity index (χ4n) is 4.60. The molecule has 1 unspecified atom stereocenters. The highest BCUT2D eigenvalue weighted by molar-refractivity contribution is 5.91. The van der Waals surface area contributed by atoms with E-state index in [4.69, 9.17) is 4.74 Å². The molecule has 5 rings (SSSR count). The van der Waals surface area contributed by atoms with Crippen molar-refractivity contribution in [3.8, 4) is 22.6 Å². The van der Waals surface area contributed by atoms with Gasteiger partial charge in [-0.1, -0.05) is 0 Å². The standard InChI is InChI=1S/C24H25FN4O3/c1-15-2-7-21-22(29(15)24(30)31)9-8-20(23(21)32-19-5-3-17(25)4-6-19)16-12-27-28(14-16)18-10-11-26-13-18/h3-6,8-9,12,14-15,18,26H,2,7,10-11,13H2,1H3,(H,30,31)/t15-,18?/m0/s1. The van der Waals surface area contributed by atoms with Crippen LogP contribution in [0.4, 0.5) is 14.9 Å². The number of amides is 1. The summed E-state index contributed by atoms with van der Waals surface area (Å²) in [6.07, 6.45) is 5.24. The molecule has 7 nitrogen and oxygen atoms in total. The summed E-state index contributed by atoms with van der Waals surface area (Å²) in [5, 5.41) is 17.7. The second-order valence-corrected chi connectivity index (χ2v) is 8.39. The Morgan fingerprint density at radius 1 is 1.22 bits per heavy atom. The molecule has 2 atom stereocenters. The largest absolute Gasteiger partial charge is 0.465 e. The van der Waals surface area contributed by atoms with Crippen LogP contribution in [-0.4, -0.2) is 40.1 Å². The molecule has 0 aliphatic carbocycles. The van der Waals surface area contributed by atoms with Crippen LogP contribution in [0, 0.1) is 5.82 Å². The minimum Gasteiger partial charge on any atom is -0.465 e. The lowest BCUT2D eigenvalue weighted by Gasteiger charge is -2.34. The van der Waals surface area contributed by atoms with Gasteiger partial charge in [0.2, 0.25) is 0 Å². The van der Waals surface area contributed by atoms with Gasteiger partial charge in [0.05, 0.1) is 17.9 Å². The molecule has 0 bridgehead atoms. The monoisotopic (exact) mass is 436 g/mol. The molecule has 2 aromatic carbocycles. The van der Waals surface area contributed by atoms with Crippen LogP contribution >= 0.6 is 0 Å². The van der Waals surface area contributed by atoms with Gasteiger partial charge in [-0.15, -0.1) is 0 Å². The molecule has 2 N–H and O–H groups in total. The van der Waals surface area contributed by atoms with Crippen LogP contribution in [0.25, 0.3) is 11.1 Å². The number of ether oxygens (including phenoxy) is 1. The number of fused-ring (bicyclic) bond motifs is 1. The fourth-order valence-corrected chi connectivity index (χ4v) is 4.60. The molecule has 2 aliphatic heterocycles. The average Bonchev–Trinajstić information content (AvgIpc) is 3.47. The maximum absolute atomic E-state index is 13.4. The van der Waals surface area contributed by atoms with E-state index in [-0.39, 0.29) is 11.9 Å². The molecule has 0 saturated carbocycles. The summed E-state index contributed by atoms with van der Waals surface area (Å²) in [6, 6.07) is 9.77. The van der Waals surface area contributed by atoms with E-state index in [0.29, 0.717) is 36.1 Å². The van der Waals surface area contributed by atoms with E-state index in [1.807, 2.05) is 36.1 Å². The minimum absolute atomic E-state index is 0.123. The number of hydrogen-bond donors (Lipinski definition) is 2. The van der Waals surface area contributed by atoms with Gasteiger partial charge in [-0.05, 0) is 69.1 Å². The molecule has 8 heteroatoms. The molecule has 0 radical (unpaired) electrons. The first kappa shape index (κ1) is 20.5. The van der Waals surface area contributed by atoms with Gasteiger partial charge in [-0.25, -0.2) is 9.18 Å². The predicted octanol–water partition coefficient (Wildman–Crippen LogP) is 4.84. The van der Waals surface area contributed by atoms with E-state index in [2.05, 4.69) is 10.4 Å². The van der Waals surface area contributed by atoms with Gasteiger partial charge in [0.15, 0.2) is 0 Å². The number of halogens is 1. The van der Waals surface area contributed by atoms with Crippen molar-refractivity contribution < 1.29 is 19.0 Å². The van der Waals surface area contributed by atoms with Crippen LogP contribution in [0.3, 0.4) is 0 Å². The number of nitrogens with zero attached hydrogens (tertiary/aromatic N) is 3. The van der Waals surface area contributed by atoms with Crippen LogP contribution in [0.5, 0.6) is 11.5 Å². The zero-order valence-electron chi connectivity index (χ0n) is 17.8. The highest BCUT2D eigenvalue weighted by atomic mass is 19.1. The van der Waals surface area contributed by atoms with Crippen molar-refractivity contribution in [2.24, 2.45) is 0 Å². The number of anilines is 1. The Hall–Kier alpha value is -3.39. The van der Waals surface area contributed by atoms with Crippen molar-refractivity contribution in [3.63, 3.8) is 0 Å². The van der Waals surface area contributed by atoms with Crippen molar-refractivity contribution in [3.05, 3.63) is 60.2 Å². The van der Waals surface area contributed by atoms with E-state index in [1.54, 1.807) is 12.1 Å². The van der Waals surface area contributed by atoms with Crippen LogP contribution < -0.4 is 15.0 Å². The van der Waals surface area contributed by atoms with E-state index in [0.717, 1.165) is 36.2 Å². The Labute approximate surface area is 185 Å². The summed E-state index contributed by atoms with van der Waals surface area (Å²) in [6.45, 7) is 3.77. The second-order valence-electron chi connectivity index (χ2n) is 8.39. The molecule has 1 fully saturated rings. The van der Waals surface area contributed by atoms with Gasteiger partial charge in [0.25, 0.3) is 0 Å². The number of carbonyl (C=O) groups is 1. The summed E-state index contributed by atoms with van der Waals surface area (Å²) < 4.78 is 21.7. The third-order valence-corrected chi connectivity index (χ3v) is 6.31. The molecular formula is C24H25FN4O3. The molecule has 2 aliphatic rings. The molecule has 0 spiro atoms. The third kappa shape index (κ3) is 3.71. The van der Waals surface area contributed by atoms with Gasteiger partial charge in [-0.3, -0.25) is 9.58 Å². The van der Waals surface area contributed by atoms with Crippen LogP contribution in [-0.2, 0) is 6.42 Å². The first-order chi connectivity index (χ1) is 15.5. The quantitative estimate of drug-likeness (QED) is 0.612. The maximum Gasteiger partial charge on any atom is 0.412 e. The number of rotatable bonds is 4. The lowest BCUT2D eigenvalue weighted by atomic mass is 9.92. The first-order valence-corrected chi connectivity index (χ1v) is 10.9. The van der Waals surface area contributed by atoms with Crippen LogP contribution in [0.1, 0.15) is 31.4 Å². The number of carboxylic acid groups (broad SMARTS) is 1. The Morgan fingerprint density at radius 2 is 2.03 bits per heavy atom. The summed E-state index contributed by atoms with van der Waals surface area (Å²) >= 11 is 0. The topological polar surface area (TPSA) is 79.6 Å². The molecule has 1 aromatic heterocycles. The van der Waals surface area contributed by atoms with Crippen molar-refractivity contribution in [2.75, 3.05) is 18.0 Å². The van der Waals surface area contributed by atoms with E-state index in [9.17, 15) is 14.3 Å². The Balaban J connectivity index is 1.61. The minimum atomic E-state index is -0.986. The van der Waals surface area contributed by atoms with Crippen molar-refractivity contribution in [1.82, 2.24) is 15.1 Å². The fraction of sp³-hybridized carbons (Fsp3) is 0.333. The van der Waals surface area contributed by atoms with Gasteiger partial charge < -0.3 is 15.2 Å². The molecular weight excluding hydrogens is 411 g/mol. The first-order valence-electron chi connectivity index (χ1n) is 10.9. The van der Waals surface area contributed by atoms with Crippen LogP contribution in [0.2, 0.25) is 0 Å². The van der Waals surface area contributed by atoms with Crippen molar-refractivity contribution in [2.45, 2.75) is 38.3 Å². The predicted molar refractivity (Wildman–Crippen MR) is 119 cm³/mol. The maximum atomic E-state index is 13.4. The third-order valence-electron chi connectivity index (χ3n) is 6.31. The second kappa shape index (κ2) is 8.27. The molecule has 1 amide bonds. The lowest BCUT2D eigenvalue weighted by molar-refractivity contribution is 0.198. The Morgan fingerprint density at radius 3 is 2.75 bits per heavy atom. The van der Waals surface area contributed by atoms with E-state index >= 15 is 0 Å². The van der Waals surface area contributed by atoms with Crippen molar-refractivity contribution >= 4 is 11.8 Å². The Bertz CT molecular complexity index is 1140. The van der Waals surface area contributed by atoms with Gasteiger partial charge >= 0.3 is 6.09 Å². The normalized spacial score (nSPS) is 20.2. The zero-order chi connectivity index (χ0) is 22.2. The van der Waals surface area contributed by atoms with Gasteiger partial charge in [0.1, 0.15) is 17.3 Å². The molecule has 3 aromatic rings. The van der Waals surface area contributed by atoms with E-state index < -0.39 is 6.09 Å². The molecule has 3 heterocycles. The van der Waals surface area contributed by atoms with Gasteiger partial charge in [0, 0.05) is 35.5 Å². The molecule has 166 valence electrons. The number of benzene rings is 2. The average molecular weight is 436 g/mol. The smallest absolute Gasteiger partial charge is 0.412 e. The number of nitrogens with one attached hydrogen (secondary N) is 1. The van der Waals surface area contributed by atoms with E-state index in [1.165, 1.54) is 17.0 Å². The highest BCUT2D eigenvalue weighted by Crippen LogP contribution is 2.44. The SMILES string of the molecule is C[C@H]1CCc2c(ccc(-c3cnn(C4CCNC4)c3)c2Oc2ccc(F)cc2)N1C(=O)O. The summed E-state index contributed by atoms with van der Waals surface area (Å²) in [7, 11) is 0. The summed E-state index contributed by atoms with van der Waals surface area (Å²) in [5.41, 5.74) is 3.20. The molecule has 32 heavy (non-hydrogen) atoms. The number of aromatic nitrogens is 2. The zero-order valence-corrected chi connectivity index (χ0v) is 17.8. The molecule has 1 saturated heterocycles. The Kier molecular flexibility index (Phi) is 5.30. The number of hydrogen-bond acceptors (Lipinski definition) is 4.